The van der Waals surface area contributed by atoms with Gasteiger partial charge < -0.3 is 9.55 Å². The van der Waals surface area contributed by atoms with Crippen LogP contribution in [0.5, 0.6) is 0 Å². The second kappa shape index (κ2) is 5.51. The molecule has 0 aliphatic rings. The molecule has 0 unspecified atom stereocenters. The number of nitrogens with zero attached hydrogens (tertiary/aromatic N) is 2. The van der Waals surface area contributed by atoms with Crippen molar-refractivity contribution in [2.45, 2.75) is 13.0 Å². The Labute approximate surface area is 126 Å². The fourth-order valence-corrected chi connectivity index (χ4v) is 2.68. The van der Waals surface area contributed by atoms with Gasteiger partial charge in [0.25, 0.3) is 0 Å². The van der Waals surface area contributed by atoms with E-state index in [4.69, 9.17) is 17.5 Å². The molecule has 1 N–H and O–H groups in total. The van der Waals surface area contributed by atoms with Gasteiger partial charge in [-0.2, -0.15) is 5.26 Å². The zero-order chi connectivity index (χ0) is 14.8. The van der Waals surface area contributed by atoms with Crippen molar-refractivity contribution in [3.8, 4) is 6.07 Å². The van der Waals surface area contributed by atoms with Crippen molar-refractivity contribution < 1.29 is 4.39 Å². The molecule has 3 nitrogen and oxygen atoms in total. The molecule has 104 valence electrons. The number of hydrogen-bond donors (Lipinski definition) is 1. The van der Waals surface area contributed by atoms with Crippen molar-refractivity contribution in [1.29, 1.82) is 5.26 Å². The molecule has 0 spiro atoms. The van der Waals surface area contributed by atoms with E-state index < -0.39 is 0 Å². The van der Waals surface area contributed by atoms with Crippen LogP contribution in [0.3, 0.4) is 0 Å². The van der Waals surface area contributed by atoms with Gasteiger partial charge in [-0.3, -0.25) is 0 Å². The minimum atomic E-state index is -0.234. The first-order chi connectivity index (χ1) is 10.2. The molecule has 3 rings (SSSR count). The number of aryl methyl sites for hydroxylation is 2. The van der Waals surface area contributed by atoms with E-state index in [0.717, 1.165) is 16.6 Å². The van der Waals surface area contributed by atoms with Crippen LogP contribution >= 0.6 is 12.2 Å². The molecule has 0 aliphatic heterocycles. The third-order valence-electron chi connectivity index (χ3n) is 3.42. The minimum absolute atomic E-state index is 0.234. The number of nitrogens with one attached hydrogen (secondary N) is 1. The lowest BCUT2D eigenvalue weighted by molar-refractivity contribution is 0.622. The van der Waals surface area contributed by atoms with Gasteiger partial charge in [-0.05, 0) is 54.5 Å². The summed E-state index contributed by atoms with van der Waals surface area (Å²) in [5, 5.41) is 9.00. The van der Waals surface area contributed by atoms with Crippen LogP contribution in [0.2, 0.25) is 0 Å². The summed E-state index contributed by atoms with van der Waals surface area (Å²) in [5.41, 5.74) is 3.31. The van der Waals surface area contributed by atoms with Gasteiger partial charge in [0, 0.05) is 6.54 Å². The molecule has 0 saturated carbocycles. The highest BCUT2D eigenvalue weighted by molar-refractivity contribution is 7.71. The molecule has 0 saturated heterocycles. The molecule has 0 fully saturated rings. The van der Waals surface area contributed by atoms with Crippen molar-refractivity contribution in [1.82, 2.24) is 9.55 Å². The van der Waals surface area contributed by atoms with E-state index in [9.17, 15) is 4.39 Å². The average molecular weight is 297 g/mol. The molecule has 3 aromatic rings. The molecule has 5 heteroatoms. The van der Waals surface area contributed by atoms with E-state index in [1.54, 1.807) is 12.1 Å². The molecule has 2 aromatic carbocycles. The topological polar surface area (TPSA) is 44.5 Å². The van der Waals surface area contributed by atoms with Crippen molar-refractivity contribution in [3.63, 3.8) is 0 Å². The number of imidazole rings is 1. The number of fused-ring (bicyclic) bond motifs is 1. The maximum atomic E-state index is 13.2. The maximum Gasteiger partial charge on any atom is 0.178 e. The highest BCUT2D eigenvalue weighted by atomic mass is 32.1. The summed E-state index contributed by atoms with van der Waals surface area (Å²) < 4.78 is 15.7. The van der Waals surface area contributed by atoms with Crippen LogP contribution in [-0.2, 0) is 13.0 Å². The molecular formula is C16H12FN3S. The first-order valence-electron chi connectivity index (χ1n) is 6.54. The van der Waals surface area contributed by atoms with E-state index in [1.807, 2.05) is 22.8 Å². The lowest BCUT2D eigenvalue weighted by Crippen LogP contribution is -2.01. The molecule has 0 aliphatic carbocycles. The zero-order valence-electron chi connectivity index (χ0n) is 11.1. The molecule has 1 aromatic heterocycles. The predicted octanol–water partition coefficient (Wildman–Crippen LogP) is 3.95. The number of benzene rings is 2. The highest BCUT2D eigenvalue weighted by Gasteiger charge is 2.06. The second-order valence-corrected chi connectivity index (χ2v) is 5.19. The van der Waals surface area contributed by atoms with Gasteiger partial charge in [-0.15, -0.1) is 0 Å². The van der Waals surface area contributed by atoms with Gasteiger partial charge in [0.1, 0.15) is 5.82 Å². The molecule has 0 amide bonds. The monoisotopic (exact) mass is 297 g/mol. The fourth-order valence-electron chi connectivity index (χ4n) is 2.38. The van der Waals surface area contributed by atoms with E-state index in [2.05, 4.69) is 11.1 Å². The Hall–Kier alpha value is -2.45. The van der Waals surface area contributed by atoms with Crippen LogP contribution in [0.15, 0.2) is 42.5 Å². The van der Waals surface area contributed by atoms with Crippen LogP contribution in [0.25, 0.3) is 11.0 Å². The number of hydrogen-bond acceptors (Lipinski definition) is 2. The lowest BCUT2D eigenvalue weighted by Gasteiger charge is -2.05. The average Bonchev–Trinajstić information content (AvgIpc) is 2.79. The summed E-state index contributed by atoms with van der Waals surface area (Å²) in [5.74, 6) is -0.234. The molecular weight excluding hydrogens is 285 g/mol. The first-order valence-corrected chi connectivity index (χ1v) is 6.95. The summed E-state index contributed by atoms with van der Waals surface area (Å²) in [6.45, 7) is 0.636. The molecule has 21 heavy (non-hydrogen) atoms. The van der Waals surface area contributed by atoms with Crippen molar-refractivity contribution in [2.24, 2.45) is 0 Å². The summed E-state index contributed by atoms with van der Waals surface area (Å²) in [6.07, 6.45) is 0.676. The predicted molar refractivity (Wildman–Crippen MR) is 81.9 cm³/mol. The van der Waals surface area contributed by atoms with Crippen LogP contribution in [0.4, 0.5) is 4.39 Å². The summed E-state index contributed by atoms with van der Waals surface area (Å²) in [7, 11) is 0. The Morgan fingerprint density at radius 3 is 2.86 bits per heavy atom. The Morgan fingerprint density at radius 1 is 1.24 bits per heavy atom. The number of nitriles is 1. The Balaban J connectivity index is 1.95. The summed E-state index contributed by atoms with van der Waals surface area (Å²) >= 11 is 5.32. The standard InChI is InChI=1S/C16H12FN3S/c17-13-3-1-2-11(8-13)6-7-20-15-9-12(10-18)4-5-14(15)19-16(20)21/h1-5,8-9H,6-7H2,(H,19,21). The highest BCUT2D eigenvalue weighted by Crippen LogP contribution is 2.17. The molecule has 0 bridgehead atoms. The van der Waals surface area contributed by atoms with Crippen molar-refractivity contribution in [2.75, 3.05) is 0 Å². The molecule has 1 heterocycles. The smallest absolute Gasteiger partial charge is 0.178 e. The van der Waals surface area contributed by atoms with Gasteiger partial charge in [0.05, 0.1) is 22.7 Å². The maximum absolute atomic E-state index is 13.2. The lowest BCUT2D eigenvalue weighted by atomic mass is 10.1. The number of aromatic amines is 1. The SMILES string of the molecule is N#Cc1ccc2[nH]c(=S)n(CCc3cccc(F)c3)c2c1. The van der Waals surface area contributed by atoms with Crippen molar-refractivity contribution >= 4 is 23.3 Å². The number of aromatic nitrogens is 2. The second-order valence-electron chi connectivity index (χ2n) is 4.81. The van der Waals surface area contributed by atoms with Gasteiger partial charge in [-0.1, -0.05) is 12.1 Å². The zero-order valence-corrected chi connectivity index (χ0v) is 12.0. The Morgan fingerprint density at radius 2 is 2.10 bits per heavy atom. The quantitative estimate of drug-likeness (QED) is 0.744. The van der Waals surface area contributed by atoms with Crippen LogP contribution in [0, 0.1) is 21.9 Å². The van der Waals surface area contributed by atoms with Gasteiger partial charge in [0.2, 0.25) is 0 Å². The van der Waals surface area contributed by atoms with Crippen molar-refractivity contribution in [3.05, 3.63) is 64.2 Å². The van der Waals surface area contributed by atoms with Gasteiger partial charge >= 0.3 is 0 Å². The number of H-pyrrole nitrogens is 1. The van der Waals surface area contributed by atoms with Gasteiger partial charge in [-0.25, -0.2) is 4.39 Å². The van der Waals surface area contributed by atoms with E-state index in [0.29, 0.717) is 23.3 Å². The van der Waals surface area contributed by atoms with Gasteiger partial charge in [0.15, 0.2) is 4.77 Å². The summed E-state index contributed by atoms with van der Waals surface area (Å²) in [4.78, 5) is 3.12. The number of rotatable bonds is 3. The normalized spacial score (nSPS) is 10.7. The van der Waals surface area contributed by atoms with E-state index in [-0.39, 0.29) is 5.82 Å². The van der Waals surface area contributed by atoms with E-state index >= 15 is 0 Å². The number of halogens is 1. The molecule has 0 radical (unpaired) electrons. The van der Waals surface area contributed by atoms with Crippen LogP contribution in [0.1, 0.15) is 11.1 Å². The van der Waals surface area contributed by atoms with Crippen LogP contribution < -0.4 is 0 Å². The third-order valence-corrected chi connectivity index (χ3v) is 3.74. The largest absolute Gasteiger partial charge is 0.331 e. The Bertz CT molecular complexity index is 902. The fraction of sp³-hybridized carbons (Fsp3) is 0.125. The first kappa shape index (κ1) is 13.5. The summed E-state index contributed by atoms with van der Waals surface area (Å²) in [6, 6.07) is 14.1. The minimum Gasteiger partial charge on any atom is -0.331 e. The Kier molecular flexibility index (Phi) is 3.55. The molecule has 0 atom stereocenters. The van der Waals surface area contributed by atoms with E-state index in [1.165, 1.54) is 12.1 Å². The third kappa shape index (κ3) is 2.71. The van der Waals surface area contributed by atoms with Crippen LogP contribution in [-0.4, -0.2) is 9.55 Å².